The molecule has 2 aromatic carbocycles. The van der Waals surface area contributed by atoms with Gasteiger partial charge in [-0.15, -0.1) is 0 Å². The Hall–Kier alpha value is -1.80. The predicted octanol–water partition coefficient (Wildman–Crippen LogP) is 3.64. The van der Waals surface area contributed by atoms with Crippen LogP contribution in [0.25, 0.3) is 0 Å². The molecule has 1 unspecified atom stereocenters. The summed E-state index contributed by atoms with van der Waals surface area (Å²) in [6.45, 7) is 2.15. The second-order valence-electron chi connectivity index (χ2n) is 4.84. The largest absolute Gasteiger partial charge is 0.497 e. The van der Waals surface area contributed by atoms with Crippen molar-refractivity contribution in [1.82, 2.24) is 0 Å². The maximum atomic E-state index is 6.24. The first-order valence-corrected chi connectivity index (χ1v) is 6.64. The lowest BCUT2D eigenvalue weighted by Gasteiger charge is -2.13. The van der Waals surface area contributed by atoms with Crippen molar-refractivity contribution in [3.8, 4) is 5.75 Å². The van der Waals surface area contributed by atoms with Crippen molar-refractivity contribution in [1.29, 1.82) is 0 Å². The van der Waals surface area contributed by atoms with Crippen LogP contribution in [0.1, 0.15) is 29.2 Å². The van der Waals surface area contributed by atoms with E-state index in [1.54, 1.807) is 7.11 Å². The van der Waals surface area contributed by atoms with Gasteiger partial charge in [-0.3, -0.25) is 0 Å². The van der Waals surface area contributed by atoms with Crippen LogP contribution < -0.4 is 10.5 Å². The SMILES string of the molecule is COc1ccc(C(N)CCc2ccccc2C)cc1. The minimum absolute atomic E-state index is 0.0745. The third kappa shape index (κ3) is 3.58. The molecule has 0 aliphatic rings. The number of hydrogen-bond acceptors (Lipinski definition) is 2. The summed E-state index contributed by atoms with van der Waals surface area (Å²) in [6, 6.07) is 16.6. The molecule has 0 aromatic heterocycles. The average Bonchev–Trinajstić information content (AvgIpc) is 2.46. The van der Waals surface area contributed by atoms with Gasteiger partial charge >= 0.3 is 0 Å². The maximum absolute atomic E-state index is 6.24. The monoisotopic (exact) mass is 255 g/mol. The van der Waals surface area contributed by atoms with Gasteiger partial charge in [0.1, 0.15) is 5.75 Å². The normalized spacial score (nSPS) is 12.2. The van der Waals surface area contributed by atoms with Crippen LogP contribution in [0, 0.1) is 6.92 Å². The van der Waals surface area contributed by atoms with E-state index in [1.807, 2.05) is 24.3 Å². The molecule has 2 aromatic rings. The van der Waals surface area contributed by atoms with Gasteiger partial charge in [0, 0.05) is 6.04 Å². The van der Waals surface area contributed by atoms with Gasteiger partial charge in [-0.05, 0) is 48.6 Å². The zero-order valence-corrected chi connectivity index (χ0v) is 11.6. The van der Waals surface area contributed by atoms with Crippen LogP contribution in [0.4, 0.5) is 0 Å². The molecular weight excluding hydrogens is 234 g/mol. The van der Waals surface area contributed by atoms with E-state index in [4.69, 9.17) is 10.5 Å². The zero-order valence-electron chi connectivity index (χ0n) is 11.6. The molecule has 0 aliphatic heterocycles. The van der Waals surface area contributed by atoms with E-state index < -0.39 is 0 Å². The highest BCUT2D eigenvalue weighted by Gasteiger charge is 2.07. The van der Waals surface area contributed by atoms with E-state index in [-0.39, 0.29) is 6.04 Å². The van der Waals surface area contributed by atoms with E-state index in [0.29, 0.717) is 0 Å². The first-order valence-electron chi connectivity index (χ1n) is 6.64. The number of hydrogen-bond donors (Lipinski definition) is 1. The van der Waals surface area contributed by atoms with Crippen molar-refractivity contribution in [3.63, 3.8) is 0 Å². The van der Waals surface area contributed by atoms with Gasteiger partial charge < -0.3 is 10.5 Å². The first-order chi connectivity index (χ1) is 9.20. The van der Waals surface area contributed by atoms with Crippen molar-refractivity contribution in [3.05, 3.63) is 65.2 Å². The summed E-state index contributed by atoms with van der Waals surface area (Å²) < 4.78 is 5.15. The third-order valence-electron chi connectivity index (χ3n) is 3.53. The molecule has 1 atom stereocenters. The fourth-order valence-corrected chi connectivity index (χ4v) is 2.22. The smallest absolute Gasteiger partial charge is 0.118 e. The van der Waals surface area contributed by atoms with Crippen LogP contribution >= 0.6 is 0 Å². The minimum Gasteiger partial charge on any atom is -0.497 e. The summed E-state index contributed by atoms with van der Waals surface area (Å²) in [4.78, 5) is 0. The summed E-state index contributed by atoms with van der Waals surface area (Å²) >= 11 is 0. The Kier molecular flexibility index (Phi) is 4.58. The number of methoxy groups -OCH3 is 1. The Balaban J connectivity index is 1.97. The quantitative estimate of drug-likeness (QED) is 0.885. The number of rotatable bonds is 5. The van der Waals surface area contributed by atoms with Crippen LogP contribution in [0.5, 0.6) is 5.75 Å². The third-order valence-corrected chi connectivity index (χ3v) is 3.53. The van der Waals surface area contributed by atoms with Gasteiger partial charge in [0.05, 0.1) is 7.11 Å². The summed E-state index contributed by atoms with van der Waals surface area (Å²) in [5.41, 5.74) is 10.1. The Morgan fingerprint density at radius 3 is 2.37 bits per heavy atom. The highest BCUT2D eigenvalue weighted by atomic mass is 16.5. The van der Waals surface area contributed by atoms with Crippen molar-refractivity contribution in [2.45, 2.75) is 25.8 Å². The van der Waals surface area contributed by atoms with Crippen LogP contribution in [-0.2, 0) is 6.42 Å². The second-order valence-corrected chi connectivity index (χ2v) is 4.84. The molecule has 0 bridgehead atoms. The predicted molar refractivity (Wildman–Crippen MR) is 79.4 cm³/mol. The number of benzene rings is 2. The van der Waals surface area contributed by atoms with Crippen molar-refractivity contribution < 1.29 is 4.74 Å². The van der Waals surface area contributed by atoms with Crippen LogP contribution in [0.15, 0.2) is 48.5 Å². The molecule has 100 valence electrons. The van der Waals surface area contributed by atoms with Crippen LogP contribution in [0.3, 0.4) is 0 Å². The molecule has 0 saturated carbocycles. The maximum Gasteiger partial charge on any atom is 0.118 e. The molecule has 2 N–H and O–H groups in total. The summed E-state index contributed by atoms with van der Waals surface area (Å²) in [5, 5.41) is 0. The van der Waals surface area contributed by atoms with Crippen molar-refractivity contribution in [2.24, 2.45) is 5.73 Å². The van der Waals surface area contributed by atoms with Gasteiger partial charge in [0.2, 0.25) is 0 Å². The summed E-state index contributed by atoms with van der Waals surface area (Å²) in [7, 11) is 1.67. The Morgan fingerprint density at radius 2 is 1.74 bits per heavy atom. The van der Waals surface area contributed by atoms with Crippen molar-refractivity contribution in [2.75, 3.05) is 7.11 Å². The average molecular weight is 255 g/mol. The molecule has 0 saturated heterocycles. The van der Waals surface area contributed by atoms with Crippen LogP contribution in [0.2, 0.25) is 0 Å². The van der Waals surface area contributed by atoms with E-state index >= 15 is 0 Å². The summed E-state index contributed by atoms with van der Waals surface area (Å²) in [5.74, 6) is 0.870. The lowest BCUT2D eigenvalue weighted by atomic mass is 9.97. The Morgan fingerprint density at radius 1 is 1.05 bits per heavy atom. The Bertz CT molecular complexity index is 519. The molecule has 0 spiro atoms. The molecule has 19 heavy (non-hydrogen) atoms. The molecular formula is C17H21NO. The molecule has 0 radical (unpaired) electrons. The number of nitrogens with two attached hydrogens (primary N) is 1. The van der Waals surface area contributed by atoms with E-state index in [0.717, 1.165) is 24.2 Å². The van der Waals surface area contributed by atoms with Gasteiger partial charge in [0.25, 0.3) is 0 Å². The van der Waals surface area contributed by atoms with Gasteiger partial charge in [0.15, 0.2) is 0 Å². The van der Waals surface area contributed by atoms with Gasteiger partial charge in [-0.25, -0.2) is 0 Å². The minimum atomic E-state index is 0.0745. The lowest BCUT2D eigenvalue weighted by molar-refractivity contribution is 0.414. The van der Waals surface area contributed by atoms with E-state index in [9.17, 15) is 0 Å². The molecule has 0 aliphatic carbocycles. The van der Waals surface area contributed by atoms with Crippen LogP contribution in [-0.4, -0.2) is 7.11 Å². The Labute approximate surface area is 115 Å². The standard InChI is InChI=1S/C17H21NO/c1-13-5-3-4-6-14(13)9-12-17(18)15-7-10-16(19-2)11-8-15/h3-8,10-11,17H,9,12,18H2,1-2H3. The number of ether oxygens (including phenoxy) is 1. The lowest BCUT2D eigenvalue weighted by Crippen LogP contribution is -2.11. The topological polar surface area (TPSA) is 35.2 Å². The highest BCUT2D eigenvalue weighted by molar-refractivity contribution is 5.30. The fraction of sp³-hybridized carbons (Fsp3) is 0.294. The summed E-state index contributed by atoms with van der Waals surface area (Å²) in [6.07, 6.45) is 1.97. The molecule has 2 heteroatoms. The van der Waals surface area contributed by atoms with E-state index in [1.165, 1.54) is 11.1 Å². The first kappa shape index (κ1) is 13.6. The molecule has 2 rings (SSSR count). The van der Waals surface area contributed by atoms with Gasteiger partial charge in [-0.1, -0.05) is 36.4 Å². The van der Waals surface area contributed by atoms with Crippen molar-refractivity contribution >= 4 is 0 Å². The molecule has 0 amide bonds. The second kappa shape index (κ2) is 6.39. The fourth-order valence-electron chi connectivity index (χ4n) is 2.22. The molecule has 0 heterocycles. The highest BCUT2D eigenvalue weighted by Crippen LogP contribution is 2.20. The number of aryl methyl sites for hydroxylation is 2. The zero-order chi connectivity index (χ0) is 13.7. The van der Waals surface area contributed by atoms with Gasteiger partial charge in [-0.2, -0.15) is 0 Å². The molecule has 2 nitrogen and oxygen atoms in total. The van der Waals surface area contributed by atoms with E-state index in [2.05, 4.69) is 31.2 Å². The molecule has 0 fully saturated rings.